The molecule has 0 bridgehead atoms. The number of amides is 1. The lowest BCUT2D eigenvalue weighted by molar-refractivity contribution is 0.103. The number of fused-ring (bicyclic) bond motifs is 1. The minimum Gasteiger partial charge on any atom is -0.494 e. The first-order valence-corrected chi connectivity index (χ1v) is 9.34. The van der Waals surface area contributed by atoms with Crippen LogP contribution >= 0.6 is 22.7 Å². The van der Waals surface area contributed by atoms with Gasteiger partial charge in [-0.25, -0.2) is 18.7 Å². The number of anilines is 1. The molecule has 0 saturated carbocycles. The summed E-state index contributed by atoms with van der Waals surface area (Å²) in [5.74, 6) is -0.980. The van der Waals surface area contributed by atoms with Crippen molar-refractivity contribution in [1.29, 1.82) is 0 Å². The number of carbonyl (C=O) groups is 1. The molecule has 0 fully saturated rings. The van der Waals surface area contributed by atoms with Gasteiger partial charge in [-0.15, -0.1) is 11.3 Å². The van der Waals surface area contributed by atoms with Crippen LogP contribution in [-0.2, 0) is 0 Å². The van der Waals surface area contributed by atoms with Gasteiger partial charge in [-0.05, 0) is 18.2 Å². The van der Waals surface area contributed by atoms with Crippen molar-refractivity contribution in [3.63, 3.8) is 0 Å². The standard InChI is InChI=1S/C18H11F2N3O2S2/c1-25-12-6-9(19)7-13-15(12)22-18(27-13)23-16(24)14-8-21-17(26-14)10-4-2-3-5-11(10)20/h2-8H,1H3,(H,22,23,24). The molecule has 0 unspecified atom stereocenters. The van der Waals surface area contributed by atoms with Gasteiger partial charge in [0.05, 0.1) is 18.0 Å². The van der Waals surface area contributed by atoms with Crippen LogP contribution < -0.4 is 10.1 Å². The molecule has 4 rings (SSSR count). The third-order valence-electron chi connectivity index (χ3n) is 3.70. The van der Waals surface area contributed by atoms with Crippen molar-refractivity contribution < 1.29 is 18.3 Å². The Hall–Kier alpha value is -2.91. The second-order valence-electron chi connectivity index (χ2n) is 5.44. The molecule has 0 radical (unpaired) electrons. The molecule has 1 N–H and O–H groups in total. The average Bonchev–Trinajstić information content (AvgIpc) is 3.28. The zero-order valence-electron chi connectivity index (χ0n) is 13.8. The Bertz CT molecular complexity index is 1160. The molecule has 0 aliphatic heterocycles. The Morgan fingerprint density at radius 3 is 2.78 bits per heavy atom. The molecule has 0 saturated heterocycles. The maximum Gasteiger partial charge on any atom is 0.269 e. The molecule has 136 valence electrons. The van der Waals surface area contributed by atoms with E-state index in [1.54, 1.807) is 18.2 Å². The van der Waals surface area contributed by atoms with E-state index in [9.17, 15) is 13.6 Å². The second kappa shape index (κ2) is 7.01. The fourth-order valence-corrected chi connectivity index (χ4v) is 4.21. The number of methoxy groups -OCH3 is 1. The van der Waals surface area contributed by atoms with E-state index in [0.29, 0.717) is 36.5 Å². The molecule has 1 amide bonds. The maximum atomic E-state index is 13.9. The zero-order valence-corrected chi connectivity index (χ0v) is 15.5. The fraction of sp³-hybridized carbons (Fsp3) is 0.0556. The summed E-state index contributed by atoms with van der Waals surface area (Å²) in [4.78, 5) is 21.2. The highest BCUT2D eigenvalue weighted by Crippen LogP contribution is 2.34. The second-order valence-corrected chi connectivity index (χ2v) is 7.50. The molecule has 27 heavy (non-hydrogen) atoms. The van der Waals surface area contributed by atoms with Crippen molar-refractivity contribution in [1.82, 2.24) is 9.97 Å². The number of carbonyl (C=O) groups excluding carboxylic acids is 1. The number of nitrogens with one attached hydrogen (secondary N) is 1. The van der Waals surface area contributed by atoms with Gasteiger partial charge in [0.1, 0.15) is 32.8 Å². The van der Waals surface area contributed by atoms with E-state index in [1.165, 1.54) is 31.5 Å². The Morgan fingerprint density at radius 2 is 2.00 bits per heavy atom. The minimum absolute atomic E-state index is 0.293. The fourth-order valence-electron chi connectivity index (χ4n) is 2.47. The van der Waals surface area contributed by atoms with Crippen molar-refractivity contribution in [2.45, 2.75) is 0 Å². The van der Waals surface area contributed by atoms with E-state index in [4.69, 9.17) is 4.74 Å². The summed E-state index contributed by atoms with van der Waals surface area (Å²) in [5, 5.41) is 3.38. The third kappa shape index (κ3) is 3.38. The van der Waals surface area contributed by atoms with Crippen LogP contribution in [0.1, 0.15) is 9.67 Å². The van der Waals surface area contributed by atoms with Gasteiger partial charge in [-0.3, -0.25) is 10.1 Å². The van der Waals surface area contributed by atoms with E-state index in [2.05, 4.69) is 15.3 Å². The normalized spacial score (nSPS) is 10.9. The van der Waals surface area contributed by atoms with Crippen molar-refractivity contribution >= 4 is 43.9 Å². The lowest BCUT2D eigenvalue weighted by Gasteiger charge is -1.99. The molecule has 9 heteroatoms. The van der Waals surface area contributed by atoms with E-state index < -0.39 is 17.5 Å². The number of rotatable bonds is 4. The number of nitrogens with zero attached hydrogens (tertiary/aromatic N) is 2. The van der Waals surface area contributed by atoms with Gasteiger partial charge < -0.3 is 4.74 Å². The zero-order chi connectivity index (χ0) is 19.0. The summed E-state index contributed by atoms with van der Waals surface area (Å²) in [6.07, 6.45) is 1.38. The SMILES string of the molecule is COc1cc(F)cc2sc(NC(=O)c3cnc(-c4ccccc4F)s3)nc12. The van der Waals surface area contributed by atoms with Crippen LogP contribution in [0.5, 0.6) is 5.75 Å². The molecular formula is C18H11F2N3O2S2. The summed E-state index contributed by atoms with van der Waals surface area (Å²) >= 11 is 2.20. The Kier molecular flexibility index (Phi) is 4.54. The van der Waals surface area contributed by atoms with Crippen LogP contribution in [0, 0.1) is 11.6 Å². The molecule has 0 aliphatic rings. The van der Waals surface area contributed by atoms with Crippen LogP contribution in [0.3, 0.4) is 0 Å². The minimum atomic E-state index is -0.446. The predicted molar refractivity (Wildman–Crippen MR) is 102 cm³/mol. The van der Waals surface area contributed by atoms with Crippen molar-refractivity contribution in [3.05, 3.63) is 59.1 Å². The third-order valence-corrected chi connectivity index (χ3v) is 5.65. The Balaban J connectivity index is 1.60. The smallest absolute Gasteiger partial charge is 0.269 e. The van der Waals surface area contributed by atoms with Gasteiger partial charge in [0.15, 0.2) is 5.13 Å². The maximum absolute atomic E-state index is 13.9. The monoisotopic (exact) mass is 403 g/mol. The molecule has 0 aliphatic carbocycles. The number of hydrogen-bond donors (Lipinski definition) is 1. The number of halogens is 2. The van der Waals surface area contributed by atoms with E-state index in [-0.39, 0.29) is 0 Å². The quantitative estimate of drug-likeness (QED) is 0.523. The first-order chi connectivity index (χ1) is 13.0. The number of ether oxygens (including phenoxy) is 1. The van der Waals surface area contributed by atoms with Gasteiger partial charge >= 0.3 is 0 Å². The first kappa shape index (κ1) is 17.5. The van der Waals surface area contributed by atoms with Crippen LogP contribution in [0.4, 0.5) is 13.9 Å². The molecule has 4 aromatic rings. The molecular weight excluding hydrogens is 392 g/mol. The summed E-state index contributed by atoms with van der Waals surface area (Å²) in [7, 11) is 1.42. The largest absolute Gasteiger partial charge is 0.494 e. The highest BCUT2D eigenvalue weighted by atomic mass is 32.1. The topological polar surface area (TPSA) is 64.1 Å². The summed E-state index contributed by atoms with van der Waals surface area (Å²) in [6, 6.07) is 8.79. The number of aromatic nitrogens is 2. The van der Waals surface area contributed by atoms with Crippen LogP contribution in [-0.4, -0.2) is 23.0 Å². The number of hydrogen-bond acceptors (Lipinski definition) is 6. The number of thiazole rings is 2. The molecule has 0 spiro atoms. The summed E-state index contributed by atoms with van der Waals surface area (Å²) < 4.78 is 33.1. The first-order valence-electron chi connectivity index (χ1n) is 7.71. The summed E-state index contributed by atoms with van der Waals surface area (Å²) in [6.45, 7) is 0. The summed E-state index contributed by atoms with van der Waals surface area (Å²) in [5.41, 5.74) is 0.803. The van der Waals surface area contributed by atoms with E-state index >= 15 is 0 Å². The highest BCUT2D eigenvalue weighted by Gasteiger charge is 2.17. The Labute approximate surface area is 160 Å². The molecule has 5 nitrogen and oxygen atoms in total. The van der Waals surface area contributed by atoms with Gasteiger partial charge in [0, 0.05) is 11.6 Å². The van der Waals surface area contributed by atoms with E-state index in [1.807, 2.05) is 0 Å². The van der Waals surface area contributed by atoms with E-state index in [0.717, 1.165) is 22.7 Å². The average molecular weight is 403 g/mol. The predicted octanol–water partition coefficient (Wildman–Crippen LogP) is 4.96. The van der Waals surface area contributed by atoms with Gasteiger partial charge in [0.2, 0.25) is 0 Å². The molecule has 2 aromatic heterocycles. The lowest BCUT2D eigenvalue weighted by atomic mass is 10.2. The lowest BCUT2D eigenvalue weighted by Crippen LogP contribution is -2.09. The Morgan fingerprint density at radius 1 is 1.19 bits per heavy atom. The molecule has 0 atom stereocenters. The van der Waals surface area contributed by atoms with Crippen LogP contribution in [0.2, 0.25) is 0 Å². The van der Waals surface area contributed by atoms with Gasteiger partial charge in [0.25, 0.3) is 5.91 Å². The van der Waals surface area contributed by atoms with Gasteiger partial charge in [-0.2, -0.15) is 0 Å². The van der Waals surface area contributed by atoms with Crippen molar-refractivity contribution in [2.75, 3.05) is 12.4 Å². The highest BCUT2D eigenvalue weighted by molar-refractivity contribution is 7.22. The van der Waals surface area contributed by atoms with Crippen molar-refractivity contribution in [3.8, 4) is 16.3 Å². The number of benzene rings is 2. The molecule has 2 heterocycles. The van der Waals surface area contributed by atoms with Crippen molar-refractivity contribution in [2.24, 2.45) is 0 Å². The molecule has 2 aromatic carbocycles. The van der Waals surface area contributed by atoms with Gasteiger partial charge in [-0.1, -0.05) is 23.5 Å². The van der Waals surface area contributed by atoms with Crippen LogP contribution in [0.25, 0.3) is 20.8 Å². The van der Waals surface area contributed by atoms with Crippen LogP contribution in [0.15, 0.2) is 42.6 Å².